The number of anilines is 2. The van der Waals surface area contributed by atoms with E-state index in [1.54, 1.807) is 31.2 Å². The minimum atomic E-state index is -4.18. The summed E-state index contributed by atoms with van der Waals surface area (Å²) in [6.07, 6.45) is 0. The highest BCUT2D eigenvalue weighted by Gasteiger charge is 2.29. The number of nitrogen functional groups attached to an aromatic ring is 2. The number of hydrogen-bond donors (Lipinski definition) is 4. The van der Waals surface area contributed by atoms with E-state index in [0.29, 0.717) is 22.5 Å². The van der Waals surface area contributed by atoms with Crippen LogP contribution in [0.4, 0.5) is 11.4 Å². The highest BCUT2D eigenvalue weighted by atomic mass is 32.2. The number of nitrogens with two attached hydrogens (primary N) is 2. The molecule has 0 radical (unpaired) electrons. The Kier molecular flexibility index (Phi) is 11.0. The number of sulfonamides is 2. The maximum Gasteiger partial charge on any atom is 0.318 e. The zero-order valence-electron chi connectivity index (χ0n) is 21.0. The second kappa shape index (κ2) is 13.7. The first kappa shape index (κ1) is 31.2. The molecular weight excluding hydrogens is 548 g/mol. The lowest BCUT2D eigenvalue weighted by Gasteiger charge is -2.25. The smallest absolute Gasteiger partial charge is 0.318 e. The Morgan fingerprint density at radius 2 is 1.13 bits per heavy atom. The first-order chi connectivity index (χ1) is 18.4. The van der Waals surface area contributed by atoms with Crippen LogP contribution in [0.1, 0.15) is 18.1 Å². The van der Waals surface area contributed by atoms with Gasteiger partial charge in [0, 0.05) is 31.0 Å². The summed E-state index contributed by atoms with van der Waals surface area (Å²) in [5.74, 6) is -1.33. The second-order valence-corrected chi connectivity index (χ2v) is 12.0. The van der Waals surface area contributed by atoms with Crippen LogP contribution in [0.5, 0.6) is 0 Å². The zero-order valence-corrected chi connectivity index (χ0v) is 22.7. The van der Waals surface area contributed by atoms with Gasteiger partial charge < -0.3 is 21.7 Å². The third kappa shape index (κ3) is 8.25. The molecule has 0 unspecified atom stereocenters. The summed E-state index contributed by atoms with van der Waals surface area (Å²) < 4.78 is 55.0. The van der Waals surface area contributed by atoms with Crippen molar-refractivity contribution in [1.29, 1.82) is 0 Å². The van der Waals surface area contributed by atoms with Gasteiger partial charge in [0.05, 0.1) is 9.79 Å². The molecule has 12 nitrogen and oxygen atoms in total. The minimum Gasteiger partial charge on any atom is -0.483 e. The number of benzene rings is 3. The predicted molar refractivity (Wildman–Crippen MR) is 145 cm³/mol. The van der Waals surface area contributed by atoms with Crippen LogP contribution in [0.2, 0.25) is 0 Å². The molecule has 0 heterocycles. The summed E-state index contributed by atoms with van der Waals surface area (Å²) >= 11 is 0. The average molecular weight is 579 g/mol. The molecule has 0 saturated heterocycles. The van der Waals surface area contributed by atoms with Crippen LogP contribution in [-0.4, -0.2) is 61.2 Å². The van der Waals surface area contributed by atoms with Gasteiger partial charge in [0.15, 0.2) is 0 Å². The highest BCUT2D eigenvalue weighted by molar-refractivity contribution is 7.89. The Morgan fingerprint density at radius 1 is 0.769 bits per heavy atom. The van der Waals surface area contributed by atoms with E-state index < -0.39 is 32.6 Å². The van der Waals surface area contributed by atoms with Crippen LogP contribution < -0.4 is 11.5 Å². The van der Waals surface area contributed by atoms with Crippen molar-refractivity contribution in [1.82, 2.24) is 8.61 Å². The molecule has 3 rings (SSSR count). The third-order valence-corrected chi connectivity index (χ3v) is 9.25. The summed E-state index contributed by atoms with van der Waals surface area (Å²) in [4.78, 5) is 19.9. The van der Waals surface area contributed by atoms with Gasteiger partial charge in [0.2, 0.25) is 20.0 Å². The molecule has 0 aliphatic carbocycles. The lowest BCUT2D eigenvalue weighted by Crippen LogP contribution is -2.36. The van der Waals surface area contributed by atoms with Crippen molar-refractivity contribution in [3.63, 3.8) is 0 Å². The Bertz CT molecular complexity index is 1480. The van der Waals surface area contributed by atoms with Gasteiger partial charge >= 0.3 is 5.97 Å². The summed E-state index contributed by atoms with van der Waals surface area (Å²) in [5.41, 5.74) is 13.1. The molecule has 0 spiro atoms. The van der Waals surface area contributed by atoms with Crippen molar-refractivity contribution < 1.29 is 36.6 Å². The summed E-state index contributed by atoms with van der Waals surface area (Å²) in [6, 6.07) is 18.0. The molecule has 0 amide bonds. The largest absolute Gasteiger partial charge is 0.483 e. The van der Waals surface area contributed by atoms with E-state index in [9.17, 15) is 26.7 Å². The molecule has 3 aromatic carbocycles. The standard InChI is InChI=1S/C24H28N4O6S2.CH2O2/c1-2-27(35(31,32)22-11-7-20(25)8-12-22)15-18-5-3-4-6-19(18)16-28(17-24(29)30)36(33,34)23-13-9-21(26)10-14-23;2-1-3/h3-14H,2,15-17,25-26H2,1H3,(H,29,30);1H,(H,2,3). The van der Waals surface area contributed by atoms with E-state index in [0.717, 1.165) is 4.31 Å². The number of hydrogen-bond acceptors (Lipinski definition) is 8. The molecule has 14 heteroatoms. The van der Waals surface area contributed by atoms with Gasteiger partial charge in [0.1, 0.15) is 6.54 Å². The van der Waals surface area contributed by atoms with Crippen LogP contribution >= 0.6 is 0 Å². The van der Waals surface area contributed by atoms with E-state index in [1.165, 1.54) is 52.8 Å². The molecule has 0 aromatic heterocycles. The summed E-state index contributed by atoms with van der Waals surface area (Å²) in [5, 5.41) is 16.3. The lowest BCUT2D eigenvalue weighted by molar-refractivity contribution is -0.137. The number of rotatable bonds is 11. The Balaban J connectivity index is 0.00000170. The average Bonchev–Trinajstić information content (AvgIpc) is 2.88. The fraction of sp³-hybridized carbons (Fsp3) is 0.200. The fourth-order valence-corrected chi connectivity index (χ4v) is 6.36. The molecule has 0 aliphatic heterocycles. The van der Waals surface area contributed by atoms with Crippen LogP contribution in [0, 0.1) is 0 Å². The van der Waals surface area contributed by atoms with Crippen molar-refractivity contribution >= 4 is 43.9 Å². The van der Waals surface area contributed by atoms with Crippen molar-refractivity contribution in [3.05, 3.63) is 83.9 Å². The topological polar surface area (TPSA) is 201 Å². The van der Waals surface area contributed by atoms with E-state index in [2.05, 4.69) is 0 Å². The number of carboxylic acids is 1. The lowest BCUT2D eigenvalue weighted by atomic mass is 10.1. The van der Waals surface area contributed by atoms with Gasteiger partial charge in [0.25, 0.3) is 6.47 Å². The molecule has 3 aromatic rings. The third-order valence-electron chi connectivity index (χ3n) is 5.51. The predicted octanol–water partition coefficient (Wildman–Crippen LogP) is 2.04. The van der Waals surface area contributed by atoms with Gasteiger partial charge in [-0.15, -0.1) is 0 Å². The summed E-state index contributed by atoms with van der Waals surface area (Å²) in [7, 11) is -8.05. The summed E-state index contributed by atoms with van der Waals surface area (Å²) in [6.45, 7) is 0.516. The maximum absolute atomic E-state index is 13.3. The van der Waals surface area contributed by atoms with Gasteiger partial charge in [-0.3, -0.25) is 9.59 Å². The number of aliphatic carboxylic acids is 1. The Morgan fingerprint density at radius 3 is 1.49 bits per heavy atom. The molecule has 0 aliphatic rings. The van der Waals surface area contributed by atoms with Gasteiger partial charge in [-0.25, -0.2) is 16.8 Å². The maximum atomic E-state index is 13.3. The van der Waals surface area contributed by atoms with Crippen LogP contribution in [0.15, 0.2) is 82.6 Å². The van der Waals surface area contributed by atoms with Gasteiger partial charge in [-0.05, 0) is 59.7 Å². The van der Waals surface area contributed by atoms with E-state index in [-0.39, 0.29) is 35.9 Å². The molecule has 0 saturated carbocycles. The van der Waals surface area contributed by atoms with E-state index in [4.69, 9.17) is 21.4 Å². The number of nitrogens with zero attached hydrogens (tertiary/aromatic N) is 2. The fourth-order valence-electron chi connectivity index (χ4n) is 3.57. The first-order valence-corrected chi connectivity index (χ1v) is 14.3. The molecule has 210 valence electrons. The second-order valence-electron chi connectivity index (χ2n) is 8.11. The van der Waals surface area contributed by atoms with Crippen LogP contribution in [0.25, 0.3) is 0 Å². The van der Waals surface area contributed by atoms with E-state index >= 15 is 0 Å². The van der Waals surface area contributed by atoms with E-state index in [1.807, 2.05) is 0 Å². The molecular formula is C25H30N4O8S2. The van der Waals surface area contributed by atoms with Crippen molar-refractivity contribution in [2.75, 3.05) is 24.6 Å². The van der Waals surface area contributed by atoms with Crippen molar-refractivity contribution in [2.24, 2.45) is 0 Å². The molecule has 0 fully saturated rings. The van der Waals surface area contributed by atoms with Crippen LogP contribution in [-0.2, 0) is 42.7 Å². The zero-order chi connectivity index (χ0) is 29.2. The number of carbonyl (C=O) groups is 2. The monoisotopic (exact) mass is 578 g/mol. The normalized spacial score (nSPS) is 11.6. The minimum absolute atomic E-state index is 0.0395. The van der Waals surface area contributed by atoms with Crippen molar-refractivity contribution in [3.8, 4) is 0 Å². The van der Waals surface area contributed by atoms with Crippen molar-refractivity contribution in [2.45, 2.75) is 29.8 Å². The molecule has 39 heavy (non-hydrogen) atoms. The van der Waals surface area contributed by atoms with Crippen LogP contribution in [0.3, 0.4) is 0 Å². The van der Waals surface area contributed by atoms with Gasteiger partial charge in [-0.2, -0.15) is 8.61 Å². The SMILES string of the molecule is CCN(Cc1ccccc1CN(CC(=O)O)S(=O)(=O)c1ccc(N)cc1)S(=O)(=O)c1ccc(N)cc1.O=CO. The highest BCUT2D eigenvalue weighted by Crippen LogP contribution is 2.24. The molecule has 0 bridgehead atoms. The molecule has 0 atom stereocenters. The van der Waals surface area contributed by atoms with Gasteiger partial charge in [-0.1, -0.05) is 31.2 Å². The quantitative estimate of drug-likeness (QED) is 0.193. The Labute approximate surface area is 227 Å². The number of carboxylic acid groups (broad SMARTS) is 2. The Hall–Kier alpha value is -3.98. The first-order valence-electron chi connectivity index (χ1n) is 11.4. The molecule has 6 N–H and O–H groups in total.